The second-order valence-electron chi connectivity index (χ2n) is 5.15. The first kappa shape index (κ1) is 13.1. The van der Waals surface area contributed by atoms with Crippen molar-refractivity contribution in [3.63, 3.8) is 0 Å². The quantitative estimate of drug-likeness (QED) is 0.930. The van der Waals surface area contributed by atoms with Crippen LogP contribution in [-0.4, -0.2) is 27.3 Å². The lowest BCUT2D eigenvalue weighted by atomic mass is 10.1. The van der Waals surface area contributed by atoms with Crippen LogP contribution in [0.15, 0.2) is 42.7 Å². The van der Waals surface area contributed by atoms with E-state index >= 15 is 0 Å². The van der Waals surface area contributed by atoms with Crippen LogP contribution in [0, 0.1) is 12.8 Å². The topological polar surface area (TPSA) is 55.2 Å². The van der Waals surface area contributed by atoms with Crippen molar-refractivity contribution in [2.24, 2.45) is 5.92 Å². The first-order chi connectivity index (χ1) is 9.72. The van der Waals surface area contributed by atoms with Gasteiger partial charge in [0, 0.05) is 18.1 Å². The lowest BCUT2D eigenvalue weighted by Crippen LogP contribution is -2.14. The molecule has 3 atom stereocenters. The molecule has 2 aromatic rings. The van der Waals surface area contributed by atoms with Crippen molar-refractivity contribution in [2.75, 3.05) is 0 Å². The summed E-state index contributed by atoms with van der Waals surface area (Å²) in [5, 5.41) is 9.70. The minimum absolute atomic E-state index is 0.0222. The monoisotopic (exact) mass is 269 g/mol. The van der Waals surface area contributed by atoms with Crippen molar-refractivity contribution >= 4 is 0 Å². The summed E-state index contributed by atoms with van der Waals surface area (Å²) in [6.45, 7) is 3.91. The third-order valence-electron chi connectivity index (χ3n) is 3.61. The SMILES string of the molecule is [CH2][C@H]1C[C@@H](Oc2cc(-c3ccccc3)ncn2)C[C@@H]1O. The predicted octanol–water partition coefficient (Wildman–Crippen LogP) is 2.50. The molecule has 20 heavy (non-hydrogen) atoms. The standard InChI is InChI=1S/C16H17N2O2/c1-11-7-13(8-15(11)19)20-16-9-14(17-10-18-16)12-5-3-2-4-6-12/h2-6,9-11,13,15,19H,1,7-8H2/t11-,13+,15-/m0/s1. The second kappa shape index (κ2) is 5.59. The Labute approximate surface area is 118 Å². The van der Waals surface area contributed by atoms with E-state index in [0.29, 0.717) is 12.3 Å². The maximum absolute atomic E-state index is 9.70. The summed E-state index contributed by atoms with van der Waals surface area (Å²) < 4.78 is 5.83. The largest absolute Gasteiger partial charge is 0.474 e. The lowest BCUT2D eigenvalue weighted by molar-refractivity contribution is 0.134. The molecule has 1 radical (unpaired) electrons. The highest BCUT2D eigenvalue weighted by atomic mass is 16.5. The molecular formula is C16H17N2O2. The van der Waals surface area contributed by atoms with E-state index in [0.717, 1.165) is 17.7 Å². The molecule has 3 rings (SSSR count). The molecule has 4 nitrogen and oxygen atoms in total. The molecule has 0 amide bonds. The molecule has 0 unspecified atom stereocenters. The molecule has 1 saturated carbocycles. The number of hydrogen-bond acceptors (Lipinski definition) is 4. The molecule has 0 saturated heterocycles. The number of ether oxygens (including phenoxy) is 1. The van der Waals surface area contributed by atoms with Gasteiger partial charge in [0.25, 0.3) is 0 Å². The maximum Gasteiger partial charge on any atom is 0.217 e. The molecule has 4 heteroatoms. The van der Waals surface area contributed by atoms with Crippen molar-refractivity contribution in [3.05, 3.63) is 49.6 Å². The minimum Gasteiger partial charge on any atom is -0.474 e. The van der Waals surface area contributed by atoms with Gasteiger partial charge in [-0.3, -0.25) is 0 Å². The van der Waals surface area contributed by atoms with E-state index in [-0.39, 0.29) is 18.1 Å². The van der Waals surface area contributed by atoms with Crippen molar-refractivity contribution in [1.82, 2.24) is 9.97 Å². The Morgan fingerprint density at radius 1 is 1.15 bits per heavy atom. The van der Waals surface area contributed by atoms with Gasteiger partial charge in [0.05, 0.1) is 11.8 Å². The molecule has 0 aliphatic heterocycles. The molecule has 1 aliphatic rings. The van der Waals surface area contributed by atoms with E-state index in [1.54, 1.807) is 0 Å². The molecule has 0 bridgehead atoms. The zero-order valence-electron chi connectivity index (χ0n) is 11.1. The fourth-order valence-electron chi connectivity index (χ4n) is 2.49. The Morgan fingerprint density at radius 2 is 1.95 bits per heavy atom. The van der Waals surface area contributed by atoms with Crippen LogP contribution in [0.25, 0.3) is 11.3 Å². The molecule has 1 aliphatic carbocycles. The average molecular weight is 269 g/mol. The van der Waals surface area contributed by atoms with Crippen molar-refractivity contribution in [1.29, 1.82) is 0 Å². The Balaban J connectivity index is 1.75. The summed E-state index contributed by atoms with van der Waals surface area (Å²) in [4.78, 5) is 8.40. The fraction of sp³-hybridized carbons (Fsp3) is 0.312. The number of hydrogen-bond donors (Lipinski definition) is 1. The van der Waals surface area contributed by atoms with Gasteiger partial charge in [-0.25, -0.2) is 9.97 Å². The van der Waals surface area contributed by atoms with Crippen LogP contribution in [0.4, 0.5) is 0 Å². The highest BCUT2D eigenvalue weighted by Gasteiger charge is 2.31. The Hall–Kier alpha value is -1.94. The predicted molar refractivity (Wildman–Crippen MR) is 76.0 cm³/mol. The van der Waals surface area contributed by atoms with Crippen LogP contribution < -0.4 is 4.74 Å². The summed E-state index contributed by atoms with van der Waals surface area (Å²) in [6, 6.07) is 11.7. The average Bonchev–Trinajstić information content (AvgIpc) is 2.78. The first-order valence-corrected chi connectivity index (χ1v) is 6.77. The van der Waals surface area contributed by atoms with E-state index in [9.17, 15) is 5.11 Å². The van der Waals surface area contributed by atoms with Gasteiger partial charge in [-0.1, -0.05) is 30.3 Å². The number of benzene rings is 1. The Kier molecular flexibility index (Phi) is 3.65. The van der Waals surface area contributed by atoms with Crippen LogP contribution in [-0.2, 0) is 0 Å². The summed E-state index contributed by atoms with van der Waals surface area (Å²) in [5.41, 5.74) is 1.86. The number of aliphatic hydroxyl groups is 1. The van der Waals surface area contributed by atoms with Gasteiger partial charge in [-0.2, -0.15) is 0 Å². The highest BCUT2D eigenvalue weighted by Crippen LogP contribution is 2.29. The maximum atomic E-state index is 9.70. The third-order valence-corrected chi connectivity index (χ3v) is 3.61. The summed E-state index contributed by atoms with van der Waals surface area (Å²) in [6.07, 6.45) is 2.47. The summed E-state index contributed by atoms with van der Waals surface area (Å²) in [5.74, 6) is 0.584. The first-order valence-electron chi connectivity index (χ1n) is 6.77. The van der Waals surface area contributed by atoms with Crippen LogP contribution >= 0.6 is 0 Å². The highest BCUT2D eigenvalue weighted by molar-refractivity contribution is 5.59. The molecule has 1 aromatic heterocycles. The van der Waals surface area contributed by atoms with Gasteiger partial charge in [0.15, 0.2) is 0 Å². The second-order valence-corrected chi connectivity index (χ2v) is 5.15. The summed E-state index contributed by atoms with van der Waals surface area (Å²) >= 11 is 0. The van der Waals surface area contributed by atoms with E-state index < -0.39 is 0 Å². The van der Waals surface area contributed by atoms with E-state index in [1.807, 2.05) is 36.4 Å². The van der Waals surface area contributed by atoms with E-state index in [1.165, 1.54) is 6.33 Å². The fourth-order valence-corrected chi connectivity index (χ4v) is 2.49. The number of aromatic nitrogens is 2. The van der Waals surface area contributed by atoms with Crippen molar-refractivity contribution in [2.45, 2.75) is 25.0 Å². The molecule has 0 spiro atoms. The molecular weight excluding hydrogens is 252 g/mol. The summed E-state index contributed by atoms with van der Waals surface area (Å²) in [7, 11) is 0. The number of aliphatic hydroxyl groups excluding tert-OH is 1. The van der Waals surface area contributed by atoms with E-state index in [4.69, 9.17) is 4.74 Å². The van der Waals surface area contributed by atoms with Crippen LogP contribution in [0.2, 0.25) is 0 Å². The number of nitrogens with zero attached hydrogens (tertiary/aromatic N) is 2. The van der Waals surface area contributed by atoms with Gasteiger partial charge in [0.1, 0.15) is 12.4 Å². The van der Waals surface area contributed by atoms with Gasteiger partial charge >= 0.3 is 0 Å². The molecule has 1 fully saturated rings. The zero-order chi connectivity index (χ0) is 13.9. The smallest absolute Gasteiger partial charge is 0.217 e. The van der Waals surface area contributed by atoms with Gasteiger partial charge in [0.2, 0.25) is 5.88 Å². The third kappa shape index (κ3) is 2.80. The molecule has 103 valence electrons. The van der Waals surface area contributed by atoms with Crippen molar-refractivity contribution in [3.8, 4) is 17.1 Å². The lowest BCUT2D eigenvalue weighted by Gasteiger charge is -2.12. The van der Waals surface area contributed by atoms with Crippen LogP contribution in [0.1, 0.15) is 12.8 Å². The molecule has 1 N–H and O–H groups in total. The van der Waals surface area contributed by atoms with Gasteiger partial charge < -0.3 is 9.84 Å². The minimum atomic E-state index is -0.379. The Morgan fingerprint density at radius 3 is 2.65 bits per heavy atom. The van der Waals surface area contributed by atoms with E-state index in [2.05, 4.69) is 16.9 Å². The molecule has 1 aromatic carbocycles. The zero-order valence-corrected chi connectivity index (χ0v) is 11.1. The van der Waals surface area contributed by atoms with Gasteiger partial charge in [-0.05, 0) is 19.3 Å². The Bertz CT molecular complexity index is 564. The van der Waals surface area contributed by atoms with Crippen LogP contribution in [0.3, 0.4) is 0 Å². The van der Waals surface area contributed by atoms with Gasteiger partial charge in [-0.15, -0.1) is 0 Å². The number of rotatable bonds is 3. The normalized spacial score (nSPS) is 25.6. The molecule has 1 heterocycles. The van der Waals surface area contributed by atoms with Crippen molar-refractivity contribution < 1.29 is 9.84 Å². The van der Waals surface area contributed by atoms with Crippen LogP contribution in [0.5, 0.6) is 5.88 Å².